The zero-order chi connectivity index (χ0) is 12.4. The average molecular weight is 246 g/mol. The molecule has 6 heteroatoms. The van der Waals surface area contributed by atoms with Gasteiger partial charge in [-0.2, -0.15) is 5.10 Å². The highest BCUT2D eigenvalue weighted by Gasteiger charge is 2.28. The molecule has 0 aromatic carbocycles. The Balaban J connectivity index is 2.48. The summed E-state index contributed by atoms with van der Waals surface area (Å²) in [6.45, 7) is 5.22. The molecule has 0 bridgehead atoms. The lowest BCUT2D eigenvalue weighted by atomic mass is 10.3. The lowest BCUT2D eigenvalue weighted by Crippen LogP contribution is -2.32. The van der Waals surface area contributed by atoms with Crippen LogP contribution in [0.15, 0.2) is 12.4 Å². The molecule has 0 amide bonds. The molecule has 0 radical (unpaired) electrons. The molecule has 0 aliphatic carbocycles. The topological polar surface area (TPSA) is 61.2 Å². The van der Waals surface area contributed by atoms with Crippen molar-refractivity contribution in [3.05, 3.63) is 12.4 Å². The summed E-state index contributed by atoms with van der Waals surface area (Å²) in [6.07, 6.45) is 3.26. The number of ether oxygens (including phenoxy) is 1. The summed E-state index contributed by atoms with van der Waals surface area (Å²) in [5, 5.41) is 3.92. The lowest BCUT2D eigenvalue weighted by Gasteiger charge is -2.18. The van der Waals surface area contributed by atoms with E-state index in [0.29, 0.717) is 5.75 Å². The van der Waals surface area contributed by atoms with Gasteiger partial charge >= 0.3 is 0 Å². The maximum atomic E-state index is 11.7. The van der Waals surface area contributed by atoms with Gasteiger partial charge < -0.3 is 4.74 Å². The minimum absolute atomic E-state index is 0.0192. The third-order valence-electron chi connectivity index (χ3n) is 2.23. The van der Waals surface area contributed by atoms with Crippen LogP contribution in [0.5, 0.6) is 5.75 Å². The standard InChI is InChI=1S/C10H18N2O3S/c1-10(2,3)16(13,14)6-5-15-9-7-11-12(4)8-9/h7-8H,5-6H2,1-4H3. The van der Waals surface area contributed by atoms with Crippen LogP contribution in [0.3, 0.4) is 0 Å². The van der Waals surface area contributed by atoms with E-state index in [9.17, 15) is 8.42 Å². The Hall–Kier alpha value is -1.04. The Morgan fingerprint density at radius 3 is 2.50 bits per heavy atom. The maximum absolute atomic E-state index is 11.7. The number of rotatable bonds is 4. The minimum atomic E-state index is -3.11. The molecule has 1 rings (SSSR count). The number of sulfone groups is 1. The Morgan fingerprint density at radius 2 is 2.06 bits per heavy atom. The molecule has 0 aliphatic heterocycles. The van der Waals surface area contributed by atoms with Crippen LogP contribution in [0, 0.1) is 0 Å². The van der Waals surface area contributed by atoms with Gasteiger partial charge in [-0.05, 0) is 20.8 Å². The SMILES string of the molecule is Cn1cc(OCCS(=O)(=O)C(C)(C)C)cn1. The fraction of sp³-hybridized carbons (Fsp3) is 0.700. The Labute approximate surface area is 96.3 Å². The van der Waals surface area contributed by atoms with Crippen molar-refractivity contribution in [2.45, 2.75) is 25.5 Å². The molecule has 0 fully saturated rings. The van der Waals surface area contributed by atoms with E-state index in [-0.39, 0.29) is 12.4 Å². The molecule has 1 aromatic rings. The van der Waals surface area contributed by atoms with Crippen molar-refractivity contribution in [1.82, 2.24) is 9.78 Å². The van der Waals surface area contributed by atoms with Crippen molar-refractivity contribution < 1.29 is 13.2 Å². The molecule has 0 saturated carbocycles. The second-order valence-corrected chi connectivity index (χ2v) is 7.49. The van der Waals surface area contributed by atoms with E-state index in [1.807, 2.05) is 0 Å². The van der Waals surface area contributed by atoms with Crippen molar-refractivity contribution in [3.8, 4) is 5.75 Å². The second-order valence-electron chi connectivity index (χ2n) is 4.63. The van der Waals surface area contributed by atoms with Crippen LogP contribution in [0.25, 0.3) is 0 Å². The smallest absolute Gasteiger partial charge is 0.158 e. The first-order valence-corrected chi connectivity index (χ1v) is 6.71. The fourth-order valence-electron chi connectivity index (χ4n) is 1.05. The summed E-state index contributed by atoms with van der Waals surface area (Å²) in [5.74, 6) is 0.609. The van der Waals surface area contributed by atoms with Crippen molar-refractivity contribution in [2.24, 2.45) is 7.05 Å². The van der Waals surface area contributed by atoms with Gasteiger partial charge in [0, 0.05) is 7.05 Å². The molecule has 0 N–H and O–H groups in total. The highest BCUT2D eigenvalue weighted by molar-refractivity contribution is 7.92. The summed E-state index contributed by atoms with van der Waals surface area (Å²) < 4.78 is 29.7. The molecule has 1 heterocycles. The van der Waals surface area contributed by atoms with E-state index in [1.165, 1.54) is 0 Å². The van der Waals surface area contributed by atoms with Crippen LogP contribution in [0.1, 0.15) is 20.8 Å². The number of hydrogen-bond donors (Lipinski definition) is 0. The van der Waals surface area contributed by atoms with E-state index < -0.39 is 14.6 Å². The molecular formula is C10H18N2O3S. The third-order valence-corrected chi connectivity index (χ3v) is 4.81. The van der Waals surface area contributed by atoms with Crippen LogP contribution in [-0.2, 0) is 16.9 Å². The molecule has 0 aliphatic rings. The van der Waals surface area contributed by atoms with E-state index >= 15 is 0 Å². The summed E-state index contributed by atoms with van der Waals surface area (Å²) in [5.41, 5.74) is 0. The Bertz CT molecular complexity index is 443. The van der Waals surface area contributed by atoms with E-state index in [2.05, 4.69) is 5.10 Å². The first-order valence-electron chi connectivity index (χ1n) is 5.06. The third kappa shape index (κ3) is 3.23. The molecular weight excluding hydrogens is 228 g/mol. The zero-order valence-electron chi connectivity index (χ0n) is 10.1. The van der Waals surface area contributed by atoms with Crippen molar-refractivity contribution in [2.75, 3.05) is 12.4 Å². The summed E-state index contributed by atoms with van der Waals surface area (Å²) in [7, 11) is -1.34. The molecule has 92 valence electrons. The molecule has 0 atom stereocenters. The van der Waals surface area contributed by atoms with Gasteiger partial charge in [0.1, 0.15) is 6.61 Å². The number of aromatic nitrogens is 2. The van der Waals surface area contributed by atoms with E-state index in [0.717, 1.165) is 0 Å². The highest BCUT2D eigenvalue weighted by atomic mass is 32.2. The van der Waals surface area contributed by atoms with Gasteiger partial charge in [0.25, 0.3) is 0 Å². The van der Waals surface area contributed by atoms with Gasteiger partial charge in [0.05, 0.1) is 22.9 Å². The monoisotopic (exact) mass is 246 g/mol. The quantitative estimate of drug-likeness (QED) is 0.795. The normalized spacial score (nSPS) is 12.8. The average Bonchev–Trinajstić information content (AvgIpc) is 2.49. The largest absolute Gasteiger partial charge is 0.489 e. The van der Waals surface area contributed by atoms with Gasteiger partial charge in [0.15, 0.2) is 15.6 Å². The lowest BCUT2D eigenvalue weighted by molar-refractivity contribution is 0.339. The predicted molar refractivity (Wildman–Crippen MR) is 62.2 cm³/mol. The second kappa shape index (κ2) is 4.45. The zero-order valence-corrected chi connectivity index (χ0v) is 10.9. The van der Waals surface area contributed by atoms with Crippen LogP contribution in [-0.4, -0.2) is 35.3 Å². The summed E-state index contributed by atoms with van der Waals surface area (Å²) >= 11 is 0. The summed E-state index contributed by atoms with van der Waals surface area (Å²) in [6, 6.07) is 0. The van der Waals surface area contributed by atoms with E-state index in [1.54, 1.807) is 44.9 Å². The predicted octanol–water partition coefficient (Wildman–Crippen LogP) is 1.01. The first kappa shape index (κ1) is 13.0. The van der Waals surface area contributed by atoms with Gasteiger partial charge in [-0.1, -0.05) is 0 Å². The van der Waals surface area contributed by atoms with Crippen LogP contribution >= 0.6 is 0 Å². The van der Waals surface area contributed by atoms with Gasteiger partial charge in [0.2, 0.25) is 0 Å². The van der Waals surface area contributed by atoms with Crippen LogP contribution in [0.4, 0.5) is 0 Å². The number of hydrogen-bond acceptors (Lipinski definition) is 4. The van der Waals surface area contributed by atoms with Gasteiger partial charge in [-0.3, -0.25) is 4.68 Å². The number of aryl methyl sites for hydroxylation is 1. The van der Waals surface area contributed by atoms with Gasteiger partial charge in [-0.25, -0.2) is 8.42 Å². The van der Waals surface area contributed by atoms with E-state index in [4.69, 9.17) is 4.74 Å². The van der Waals surface area contributed by atoms with Crippen LogP contribution in [0.2, 0.25) is 0 Å². The molecule has 0 spiro atoms. The highest BCUT2D eigenvalue weighted by Crippen LogP contribution is 2.16. The molecule has 5 nitrogen and oxygen atoms in total. The summed E-state index contributed by atoms with van der Waals surface area (Å²) in [4.78, 5) is 0. The van der Waals surface area contributed by atoms with Gasteiger partial charge in [-0.15, -0.1) is 0 Å². The van der Waals surface area contributed by atoms with Crippen molar-refractivity contribution in [1.29, 1.82) is 0 Å². The maximum Gasteiger partial charge on any atom is 0.158 e. The molecule has 0 saturated heterocycles. The van der Waals surface area contributed by atoms with Crippen LogP contribution < -0.4 is 4.74 Å². The molecule has 16 heavy (non-hydrogen) atoms. The Morgan fingerprint density at radius 1 is 1.44 bits per heavy atom. The fourth-order valence-corrected chi connectivity index (χ4v) is 1.96. The molecule has 0 unspecified atom stereocenters. The Kier molecular flexibility index (Phi) is 3.62. The first-order chi connectivity index (χ1) is 7.22. The van der Waals surface area contributed by atoms with Crippen molar-refractivity contribution >= 4 is 9.84 Å². The molecule has 1 aromatic heterocycles. The minimum Gasteiger partial charge on any atom is -0.489 e. The van der Waals surface area contributed by atoms with Crippen molar-refractivity contribution in [3.63, 3.8) is 0 Å². The number of nitrogens with zero attached hydrogens (tertiary/aromatic N) is 2.